The molecule has 0 saturated heterocycles. The lowest BCUT2D eigenvalue weighted by Gasteiger charge is -2.15. The van der Waals surface area contributed by atoms with Crippen molar-refractivity contribution in [1.82, 2.24) is 9.97 Å². The average Bonchev–Trinajstić information content (AvgIpc) is 3.52. The normalized spacial score (nSPS) is 14.4. The fourth-order valence-corrected chi connectivity index (χ4v) is 2.64. The molecule has 1 aromatic carbocycles. The van der Waals surface area contributed by atoms with Crippen LogP contribution in [0.4, 0.5) is 17.5 Å². The number of aromatic nitrogens is 2. The zero-order valence-corrected chi connectivity index (χ0v) is 15.7. The Morgan fingerprint density at radius 2 is 2.07 bits per heavy atom. The van der Waals surface area contributed by atoms with Gasteiger partial charge in [-0.15, -0.1) is 0 Å². The molecule has 1 atom stereocenters. The van der Waals surface area contributed by atoms with Crippen LogP contribution < -0.4 is 15.4 Å². The predicted molar refractivity (Wildman–Crippen MR) is 102 cm³/mol. The quantitative estimate of drug-likeness (QED) is 0.608. The van der Waals surface area contributed by atoms with E-state index in [1.165, 1.54) is 7.11 Å². The van der Waals surface area contributed by atoms with E-state index < -0.39 is 5.97 Å². The summed E-state index contributed by atoms with van der Waals surface area (Å²) in [5.74, 6) is 1.61. The molecule has 8 nitrogen and oxygen atoms in total. The Kier molecular flexibility index (Phi) is 5.75. The fraction of sp³-hybridized carbons (Fsp3) is 0.421. The molecule has 8 heteroatoms. The first-order valence-electron chi connectivity index (χ1n) is 8.83. The van der Waals surface area contributed by atoms with E-state index in [1.807, 2.05) is 13.0 Å². The van der Waals surface area contributed by atoms with Crippen LogP contribution in [-0.4, -0.2) is 47.9 Å². The smallest absolute Gasteiger partial charge is 0.337 e. The van der Waals surface area contributed by atoms with E-state index >= 15 is 0 Å². The van der Waals surface area contributed by atoms with Crippen molar-refractivity contribution in [2.45, 2.75) is 31.7 Å². The predicted octanol–water partition coefficient (Wildman–Crippen LogP) is 2.69. The second-order valence-electron chi connectivity index (χ2n) is 6.54. The number of ether oxygens (including phenoxy) is 2. The first-order chi connectivity index (χ1) is 13.0. The lowest BCUT2D eigenvalue weighted by atomic mass is 10.2. The number of carbonyl (C=O) groups excluding carboxylic acids is 1. The number of rotatable bonds is 8. The van der Waals surface area contributed by atoms with E-state index in [2.05, 4.69) is 20.6 Å². The Morgan fingerprint density at radius 3 is 2.70 bits per heavy atom. The molecule has 1 aliphatic rings. The molecule has 144 valence electrons. The lowest BCUT2D eigenvalue weighted by molar-refractivity contribution is 0.0600. The van der Waals surface area contributed by atoms with E-state index in [0.717, 1.165) is 18.5 Å². The molecule has 0 aliphatic heterocycles. The summed E-state index contributed by atoms with van der Waals surface area (Å²) in [5.41, 5.74) is 1.95. The highest BCUT2D eigenvalue weighted by molar-refractivity contribution is 5.91. The van der Waals surface area contributed by atoms with Gasteiger partial charge in [0.15, 0.2) is 0 Å². The van der Waals surface area contributed by atoms with Crippen molar-refractivity contribution in [2.75, 3.05) is 31.5 Å². The van der Waals surface area contributed by atoms with E-state index in [-0.39, 0.29) is 12.6 Å². The van der Waals surface area contributed by atoms with Crippen LogP contribution in [0.15, 0.2) is 24.3 Å². The third-order valence-electron chi connectivity index (χ3n) is 4.27. The molecule has 1 heterocycles. The SMILES string of the molecule is COC(=O)c1ccc(OC)c(Nc2cc(C3CC3)nc(N[C@H](C)CO)n2)c1. The zero-order valence-electron chi connectivity index (χ0n) is 15.7. The van der Waals surface area contributed by atoms with E-state index in [1.54, 1.807) is 25.3 Å². The van der Waals surface area contributed by atoms with Crippen LogP contribution in [-0.2, 0) is 4.74 Å². The summed E-state index contributed by atoms with van der Waals surface area (Å²) in [6, 6.07) is 6.74. The second kappa shape index (κ2) is 8.22. The summed E-state index contributed by atoms with van der Waals surface area (Å²) in [5, 5.41) is 15.6. The Hall–Kier alpha value is -2.87. The van der Waals surface area contributed by atoms with Crippen LogP contribution >= 0.6 is 0 Å². The van der Waals surface area contributed by atoms with Gasteiger partial charge in [-0.1, -0.05) is 0 Å². The summed E-state index contributed by atoms with van der Waals surface area (Å²) in [7, 11) is 2.90. The van der Waals surface area contributed by atoms with Gasteiger partial charge in [-0.25, -0.2) is 9.78 Å². The summed E-state index contributed by atoms with van der Waals surface area (Å²) in [6.45, 7) is 1.83. The van der Waals surface area contributed by atoms with Gasteiger partial charge >= 0.3 is 5.97 Å². The minimum Gasteiger partial charge on any atom is -0.495 e. The van der Waals surface area contributed by atoms with Gasteiger partial charge in [-0.05, 0) is 38.0 Å². The highest BCUT2D eigenvalue weighted by Crippen LogP contribution is 2.40. The summed E-state index contributed by atoms with van der Waals surface area (Å²) in [4.78, 5) is 20.9. The number of aliphatic hydroxyl groups excluding tert-OH is 1. The minimum absolute atomic E-state index is 0.0191. The monoisotopic (exact) mass is 372 g/mol. The Balaban J connectivity index is 1.93. The molecule has 1 aromatic heterocycles. The molecule has 0 unspecified atom stereocenters. The topological polar surface area (TPSA) is 106 Å². The van der Waals surface area contributed by atoms with E-state index in [4.69, 9.17) is 9.47 Å². The van der Waals surface area contributed by atoms with Gasteiger partial charge in [0.05, 0.1) is 37.8 Å². The minimum atomic E-state index is -0.429. The first kappa shape index (κ1) is 18.9. The maximum absolute atomic E-state index is 11.8. The number of carbonyl (C=O) groups is 1. The maximum Gasteiger partial charge on any atom is 0.337 e. The van der Waals surface area contributed by atoms with Crippen LogP contribution in [0.3, 0.4) is 0 Å². The number of nitrogens with zero attached hydrogens (tertiary/aromatic N) is 2. The summed E-state index contributed by atoms with van der Waals surface area (Å²) >= 11 is 0. The molecule has 0 spiro atoms. The molecule has 0 amide bonds. The number of nitrogens with one attached hydrogen (secondary N) is 2. The van der Waals surface area contributed by atoms with E-state index in [9.17, 15) is 9.90 Å². The first-order valence-corrected chi connectivity index (χ1v) is 8.83. The summed E-state index contributed by atoms with van der Waals surface area (Å²) in [6.07, 6.45) is 2.21. The van der Waals surface area contributed by atoms with Gasteiger partial charge in [0.25, 0.3) is 0 Å². The largest absolute Gasteiger partial charge is 0.495 e. The van der Waals surface area contributed by atoms with Crippen LogP contribution in [0.25, 0.3) is 0 Å². The number of benzene rings is 1. The molecular formula is C19H24N4O4. The molecule has 0 bridgehead atoms. The molecule has 1 saturated carbocycles. The highest BCUT2D eigenvalue weighted by atomic mass is 16.5. The zero-order chi connectivity index (χ0) is 19.4. The van der Waals surface area contributed by atoms with Crippen LogP contribution in [0.2, 0.25) is 0 Å². The van der Waals surface area contributed by atoms with Crippen molar-refractivity contribution < 1.29 is 19.4 Å². The van der Waals surface area contributed by atoms with Gasteiger partial charge in [-0.2, -0.15) is 4.98 Å². The number of methoxy groups -OCH3 is 2. The standard InChI is InChI=1S/C19H24N4O4/c1-11(10-24)20-19-22-14(12-4-5-12)9-17(23-19)21-15-8-13(18(25)27-3)6-7-16(15)26-2/h6-9,11-12,24H,4-5,10H2,1-3H3,(H2,20,21,22,23)/t11-/m1/s1. The van der Waals surface area contributed by atoms with Crippen molar-refractivity contribution in [2.24, 2.45) is 0 Å². The third kappa shape index (κ3) is 4.65. The highest BCUT2D eigenvalue weighted by Gasteiger charge is 2.26. The number of hydrogen-bond acceptors (Lipinski definition) is 8. The summed E-state index contributed by atoms with van der Waals surface area (Å²) < 4.78 is 10.2. The van der Waals surface area contributed by atoms with Crippen LogP contribution in [0.5, 0.6) is 5.75 Å². The van der Waals surface area contributed by atoms with Crippen molar-refractivity contribution in [3.63, 3.8) is 0 Å². The van der Waals surface area contributed by atoms with Gasteiger partial charge in [0.2, 0.25) is 5.95 Å². The molecule has 3 rings (SSSR count). The lowest BCUT2D eigenvalue weighted by Crippen LogP contribution is -2.21. The number of hydrogen-bond donors (Lipinski definition) is 3. The average molecular weight is 372 g/mol. The van der Waals surface area contributed by atoms with Crippen molar-refractivity contribution in [3.8, 4) is 5.75 Å². The van der Waals surface area contributed by atoms with Crippen LogP contribution in [0.1, 0.15) is 41.7 Å². The molecular weight excluding hydrogens is 348 g/mol. The van der Waals surface area contributed by atoms with Crippen LogP contribution in [0, 0.1) is 0 Å². The van der Waals surface area contributed by atoms with Crippen molar-refractivity contribution in [3.05, 3.63) is 35.5 Å². The maximum atomic E-state index is 11.8. The molecule has 3 N–H and O–H groups in total. The Morgan fingerprint density at radius 1 is 1.30 bits per heavy atom. The van der Waals surface area contributed by atoms with Gasteiger partial charge in [0.1, 0.15) is 11.6 Å². The Labute approximate surface area is 157 Å². The van der Waals surface area contributed by atoms with Gasteiger partial charge in [0, 0.05) is 18.0 Å². The molecule has 0 radical (unpaired) electrons. The number of aliphatic hydroxyl groups is 1. The molecule has 2 aromatic rings. The fourth-order valence-electron chi connectivity index (χ4n) is 2.64. The number of anilines is 3. The number of esters is 1. The van der Waals surface area contributed by atoms with Gasteiger partial charge in [-0.3, -0.25) is 0 Å². The third-order valence-corrected chi connectivity index (χ3v) is 4.27. The second-order valence-corrected chi connectivity index (χ2v) is 6.54. The molecule has 27 heavy (non-hydrogen) atoms. The van der Waals surface area contributed by atoms with Crippen molar-refractivity contribution in [1.29, 1.82) is 0 Å². The van der Waals surface area contributed by atoms with E-state index in [0.29, 0.717) is 34.7 Å². The molecule has 1 fully saturated rings. The Bertz CT molecular complexity index is 823. The van der Waals surface area contributed by atoms with Crippen molar-refractivity contribution >= 4 is 23.4 Å². The molecule has 1 aliphatic carbocycles. The van der Waals surface area contributed by atoms with Gasteiger partial charge < -0.3 is 25.2 Å².